The van der Waals surface area contributed by atoms with E-state index >= 15 is 0 Å². The fourth-order valence-electron chi connectivity index (χ4n) is 3.74. The topological polar surface area (TPSA) is 94.2 Å². The molecular weight excluding hydrogens is 711 g/mol. The smallest absolute Gasteiger partial charge is 0.294 e. The van der Waals surface area contributed by atoms with E-state index in [2.05, 4.69) is 43.8 Å². The molecule has 3 aromatic rings. The summed E-state index contributed by atoms with van der Waals surface area (Å²) in [6.45, 7) is 4.69. The minimum Gasteiger partial charge on any atom is -0.494 e. The molecule has 4 rings (SSSR count). The minimum atomic E-state index is -0.527. The lowest BCUT2D eigenvalue weighted by Crippen LogP contribution is -2.36. The van der Waals surface area contributed by atoms with E-state index in [1.54, 1.807) is 36.4 Å². The number of rotatable bonds is 11. The number of thioether (sulfide) groups is 1. The molecule has 1 saturated heterocycles. The highest BCUT2D eigenvalue weighted by molar-refractivity contribution is 14.1. The van der Waals surface area contributed by atoms with Crippen LogP contribution in [-0.2, 0) is 16.2 Å². The number of anilines is 1. The van der Waals surface area contributed by atoms with Gasteiger partial charge in [-0.15, -0.1) is 0 Å². The molecule has 1 aliphatic heterocycles. The van der Waals surface area contributed by atoms with Gasteiger partial charge in [0.05, 0.1) is 21.7 Å². The van der Waals surface area contributed by atoms with Gasteiger partial charge in [0, 0.05) is 10.2 Å². The lowest BCUT2D eigenvalue weighted by atomic mass is 10.1. The van der Waals surface area contributed by atoms with E-state index in [0.29, 0.717) is 48.3 Å². The Morgan fingerprint density at radius 3 is 2.38 bits per heavy atom. The van der Waals surface area contributed by atoms with Gasteiger partial charge in [-0.1, -0.05) is 28.1 Å². The third kappa shape index (κ3) is 7.79. The second kappa shape index (κ2) is 14.0. The van der Waals surface area contributed by atoms with Crippen LogP contribution in [0.25, 0.3) is 6.08 Å². The number of hydrogen-bond donors (Lipinski definition) is 1. The molecular formula is C29H26BrIN2O6S. The molecule has 0 aromatic heterocycles. The number of nitrogens with one attached hydrogen (secondary N) is 1. The molecule has 0 bridgehead atoms. The van der Waals surface area contributed by atoms with Crippen molar-refractivity contribution in [2.24, 2.45) is 0 Å². The predicted octanol–water partition coefficient (Wildman–Crippen LogP) is 7.11. The van der Waals surface area contributed by atoms with Crippen molar-refractivity contribution in [2.45, 2.75) is 20.5 Å². The summed E-state index contributed by atoms with van der Waals surface area (Å²) in [6.07, 6.45) is 1.62. The molecule has 40 heavy (non-hydrogen) atoms. The van der Waals surface area contributed by atoms with Crippen LogP contribution in [0.4, 0.5) is 10.5 Å². The zero-order valence-corrected chi connectivity index (χ0v) is 26.3. The SMILES string of the molecule is CCOc1ccc(NC(=O)CN2C(=O)S/C(=C/c3cc(I)c(OCc4ccc(Br)cc4)c(OCC)c3)C2=O)cc1. The first-order valence-electron chi connectivity index (χ1n) is 12.4. The van der Waals surface area contributed by atoms with E-state index in [4.69, 9.17) is 14.2 Å². The van der Waals surface area contributed by atoms with E-state index in [9.17, 15) is 14.4 Å². The lowest BCUT2D eigenvalue weighted by molar-refractivity contribution is -0.127. The van der Waals surface area contributed by atoms with Gasteiger partial charge in [0.1, 0.15) is 18.9 Å². The molecule has 1 fully saturated rings. The van der Waals surface area contributed by atoms with Crippen molar-refractivity contribution < 1.29 is 28.6 Å². The van der Waals surface area contributed by atoms with Crippen molar-refractivity contribution in [1.82, 2.24) is 4.90 Å². The molecule has 0 saturated carbocycles. The van der Waals surface area contributed by atoms with Crippen LogP contribution in [0.5, 0.6) is 17.2 Å². The zero-order chi connectivity index (χ0) is 28.6. The first kappa shape index (κ1) is 29.9. The molecule has 208 valence electrons. The summed E-state index contributed by atoms with van der Waals surface area (Å²) in [5.74, 6) is 0.810. The summed E-state index contributed by atoms with van der Waals surface area (Å²) in [4.78, 5) is 39.4. The van der Waals surface area contributed by atoms with E-state index in [1.165, 1.54) is 0 Å². The Labute approximate surface area is 258 Å². The maximum Gasteiger partial charge on any atom is 0.294 e. The van der Waals surface area contributed by atoms with Crippen LogP contribution >= 0.6 is 50.3 Å². The number of nitrogens with zero attached hydrogens (tertiary/aromatic N) is 1. The van der Waals surface area contributed by atoms with Gasteiger partial charge in [0.2, 0.25) is 5.91 Å². The number of benzene rings is 3. The maximum atomic E-state index is 13.0. The Morgan fingerprint density at radius 1 is 1.00 bits per heavy atom. The van der Waals surface area contributed by atoms with Crippen LogP contribution < -0.4 is 19.5 Å². The highest BCUT2D eigenvalue weighted by Crippen LogP contribution is 2.38. The summed E-state index contributed by atoms with van der Waals surface area (Å²) >= 11 is 6.39. The van der Waals surface area contributed by atoms with Crippen LogP contribution in [-0.4, -0.2) is 41.7 Å². The number of carbonyl (C=O) groups is 3. The van der Waals surface area contributed by atoms with Crippen LogP contribution in [0.15, 0.2) is 70.0 Å². The largest absolute Gasteiger partial charge is 0.494 e. The monoisotopic (exact) mass is 736 g/mol. The number of halogens is 2. The van der Waals surface area contributed by atoms with Gasteiger partial charge in [0.15, 0.2) is 11.5 Å². The second-order valence-electron chi connectivity index (χ2n) is 8.45. The van der Waals surface area contributed by atoms with Crippen LogP contribution in [0.1, 0.15) is 25.0 Å². The number of amides is 3. The third-order valence-electron chi connectivity index (χ3n) is 5.55. The Hall–Kier alpha value is -3.03. The Morgan fingerprint density at radius 2 is 1.70 bits per heavy atom. The average Bonchev–Trinajstić information content (AvgIpc) is 3.18. The molecule has 8 nitrogen and oxygen atoms in total. The van der Waals surface area contributed by atoms with Crippen molar-refractivity contribution in [3.05, 3.63) is 84.7 Å². The molecule has 3 amide bonds. The number of carbonyl (C=O) groups excluding carboxylic acids is 3. The van der Waals surface area contributed by atoms with Crippen molar-refractivity contribution in [2.75, 3.05) is 25.1 Å². The molecule has 1 aliphatic rings. The van der Waals surface area contributed by atoms with Gasteiger partial charge in [-0.3, -0.25) is 19.3 Å². The molecule has 0 radical (unpaired) electrons. The highest BCUT2D eigenvalue weighted by Gasteiger charge is 2.36. The first-order chi connectivity index (χ1) is 19.3. The van der Waals surface area contributed by atoms with Crippen molar-refractivity contribution in [1.29, 1.82) is 0 Å². The number of hydrogen-bond acceptors (Lipinski definition) is 7. The van der Waals surface area contributed by atoms with Gasteiger partial charge < -0.3 is 19.5 Å². The van der Waals surface area contributed by atoms with Gasteiger partial charge in [0.25, 0.3) is 11.1 Å². The quantitative estimate of drug-likeness (QED) is 0.166. The highest BCUT2D eigenvalue weighted by atomic mass is 127. The Bertz CT molecular complexity index is 1430. The fourth-order valence-corrected chi connectivity index (χ4v) is 5.63. The molecule has 3 aromatic carbocycles. The molecule has 0 unspecified atom stereocenters. The van der Waals surface area contributed by atoms with Gasteiger partial charge in [-0.2, -0.15) is 0 Å². The average molecular weight is 737 g/mol. The molecule has 0 atom stereocenters. The van der Waals surface area contributed by atoms with E-state index in [1.807, 2.05) is 44.2 Å². The summed E-state index contributed by atoms with van der Waals surface area (Å²) in [6, 6.07) is 18.3. The zero-order valence-electron chi connectivity index (χ0n) is 21.7. The summed E-state index contributed by atoms with van der Waals surface area (Å²) in [5, 5.41) is 2.20. The fraction of sp³-hybridized carbons (Fsp3) is 0.207. The van der Waals surface area contributed by atoms with Crippen molar-refractivity contribution in [3.8, 4) is 17.2 Å². The summed E-state index contributed by atoms with van der Waals surface area (Å²) in [5.41, 5.74) is 2.22. The Balaban J connectivity index is 1.45. The van der Waals surface area contributed by atoms with Crippen molar-refractivity contribution in [3.63, 3.8) is 0 Å². The van der Waals surface area contributed by atoms with Gasteiger partial charge >= 0.3 is 0 Å². The maximum absolute atomic E-state index is 13.0. The standard InChI is InChI=1S/C29H26BrIN2O6S/c1-3-37-22-11-9-21(10-12-22)32-26(34)16-33-28(35)25(40-29(33)36)15-19-13-23(31)27(24(14-19)38-4-2)39-17-18-5-7-20(30)8-6-18/h5-15H,3-4,16-17H2,1-2H3,(H,32,34)/b25-15+. The van der Waals surface area contributed by atoms with E-state index in [-0.39, 0.29) is 11.4 Å². The van der Waals surface area contributed by atoms with Crippen LogP contribution in [0.3, 0.4) is 0 Å². The van der Waals surface area contributed by atoms with Gasteiger partial charge in [-0.25, -0.2) is 0 Å². The predicted molar refractivity (Wildman–Crippen MR) is 168 cm³/mol. The van der Waals surface area contributed by atoms with E-state index < -0.39 is 17.1 Å². The molecule has 11 heteroatoms. The third-order valence-corrected chi connectivity index (χ3v) is 7.79. The Kier molecular flexibility index (Phi) is 10.5. The number of ether oxygens (including phenoxy) is 3. The normalized spacial score (nSPS) is 14.0. The molecule has 0 spiro atoms. The summed E-state index contributed by atoms with van der Waals surface area (Å²) in [7, 11) is 0. The molecule has 1 N–H and O–H groups in total. The number of imide groups is 1. The minimum absolute atomic E-state index is 0.223. The van der Waals surface area contributed by atoms with Crippen LogP contribution in [0, 0.1) is 3.57 Å². The molecule has 0 aliphatic carbocycles. The van der Waals surface area contributed by atoms with Gasteiger partial charge in [-0.05, 0) is 114 Å². The second-order valence-corrected chi connectivity index (χ2v) is 11.5. The first-order valence-corrected chi connectivity index (χ1v) is 15.1. The van der Waals surface area contributed by atoms with Crippen LogP contribution in [0.2, 0.25) is 0 Å². The van der Waals surface area contributed by atoms with Crippen molar-refractivity contribution >= 4 is 79.1 Å². The summed E-state index contributed by atoms with van der Waals surface area (Å²) < 4.78 is 19.1. The lowest BCUT2D eigenvalue weighted by Gasteiger charge is -2.15. The molecule has 1 heterocycles. The van der Waals surface area contributed by atoms with E-state index in [0.717, 1.165) is 30.3 Å².